The molecule has 0 heterocycles. The van der Waals surface area contributed by atoms with Gasteiger partial charge in [-0.25, -0.2) is 4.39 Å². The zero-order chi connectivity index (χ0) is 11.3. The van der Waals surface area contributed by atoms with E-state index >= 15 is 0 Å². The van der Waals surface area contributed by atoms with Gasteiger partial charge in [-0.3, -0.25) is 0 Å². The fourth-order valence-corrected chi connectivity index (χ4v) is 1.31. The first-order chi connectivity index (χ1) is 7.06. The van der Waals surface area contributed by atoms with Gasteiger partial charge in [-0.15, -0.1) is 0 Å². The third-order valence-electron chi connectivity index (χ3n) is 2.42. The fraction of sp³-hybridized carbons (Fsp3) is 0.357. The second kappa shape index (κ2) is 4.95. The predicted octanol–water partition coefficient (Wildman–Crippen LogP) is 4.38. The highest BCUT2D eigenvalue weighted by Gasteiger charge is 2.15. The van der Waals surface area contributed by atoms with E-state index in [0.717, 1.165) is 0 Å². The molecule has 0 nitrogen and oxygen atoms in total. The molecule has 1 rings (SSSR count). The summed E-state index contributed by atoms with van der Waals surface area (Å²) in [4.78, 5) is 0. The van der Waals surface area contributed by atoms with Gasteiger partial charge in [0.25, 0.3) is 0 Å². The molecule has 0 saturated carbocycles. The van der Waals surface area contributed by atoms with Gasteiger partial charge in [-0.1, -0.05) is 56.8 Å². The molecule has 1 aromatic rings. The van der Waals surface area contributed by atoms with Crippen LogP contribution in [-0.4, -0.2) is 0 Å². The molecule has 1 aromatic carbocycles. The highest BCUT2D eigenvalue weighted by Crippen LogP contribution is 2.24. The van der Waals surface area contributed by atoms with Crippen molar-refractivity contribution in [2.75, 3.05) is 0 Å². The first-order valence-electron chi connectivity index (χ1n) is 5.24. The first-order valence-corrected chi connectivity index (χ1v) is 5.24. The van der Waals surface area contributed by atoms with Gasteiger partial charge < -0.3 is 0 Å². The van der Waals surface area contributed by atoms with Crippen LogP contribution in [0.15, 0.2) is 48.0 Å². The number of hydrogen-bond acceptors (Lipinski definition) is 0. The van der Waals surface area contributed by atoms with Crippen molar-refractivity contribution in [1.29, 1.82) is 0 Å². The lowest BCUT2D eigenvalue weighted by Gasteiger charge is -2.19. The molecule has 0 saturated heterocycles. The Morgan fingerprint density at radius 2 is 1.93 bits per heavy atom. The zero-order valence-electron chi connectivity index (χ0n) is 9.55. The Balaban J connectivity index is 2.99. The Kier molecular flexibility index (Phi) is 3.88. The standard InChI is InChI=1S/C14H17F/c1-4-13(15)10-11-14(2,3)12-8-6-5-7-9-12/h5-9,11H,4H2,1-3H3. The van der Waals surface area contributed by atoms with Crippen molar-refractivity contribution in [3.05, 3.63) is 53.5 Å². The normalized spacial score (nSPS) is 10.7. The van der Waals surface area contributed by atoms with Crippen molar-refractivity contribution < 1.29 is 4.39 Å². The third kappa shape index (κ3) is 3.38. The van der Waals surface area contributed by atoms with Crippen LogP contribution in [0, 0.1) is 0 Å². The average Bonchev–Trinajstić information content (AvgIpc) is 2.27. The van der Waals surface area contributed by atoms with Gasteiger partial charge in [0.2, 0.25) is 0 Å². The highest BCUT2D eigenvalue weighted by molar-refractivity contribution is 5.28. The Hall–Kier alpha value is -1.33. The molecule has 0 atom stereocenters. The van der Waals surface area contributed by atoms with E-state index in [1.807, 2.05) is 30.3 Å². The minimum Gasteiger partial charge on any atom is -0.203 e. The van der Waals surface area contributed by atoms with Crippen LogP contribution in [0.3, 0.4) is 0 Å². The summed E-state index contributed by atoms with van der Waals surface area (Å²) in [6, 6.07) is 10.0. The quantitative estimate of drug-likeness (QED) is 0.641. The molecule has 1 heteroatoms. The molecule has 0 fully saturated rings. The highest BCUT2D eigenvalue weighted by atomic mass is 19.1. The Labute approximate surface area is 91.1 Å². The van der Waals surface area contributed by atoms with Crippen LogP contribution in [0.25, 0.3) is 0 Å². The molecule has 0 radical (unpaired) electrons. The lowest BCUT2D eigenvalue weighted by Crippen LogP contribution is -2.12. The van der Waals surface area contributed by atoms with Crippen molar-refractivity contribution >= 4 is 0 Å². The number of rotatable bonds is 3. The van der Waals surface area contributed by atoms with Crippen LogP contribution in [0.1, 0.15) is 32.8 Å². The number of halogens is 1. The monoisotopic (exact) mass is 204 g/mol. The smallest absolute Gasteiger partial charge is 0.141 e. The number of benzene rings is 1. The molecule has 80 valence electrons. The molecule has 0 aliphatic rings. The van der Waals surface area contributed by atoms with Crippen LogP contribution < -0.4 is 0 Å². The largest absolute Gasteiger partial charge is 0.203 e. The van der Waals surface area contributed by atoms with Gasteiger partial charge in [-0.05, 0) is 11.6 Å². The van der Waals surface area contributed by atoms with E-state index < -0.39 is 0 Å². The third-order valence-corrected chi connectivity index (χ3v) is 2.42. The average molecular weight is 204 g/mol. The van der Waals surface area contributed by atoms with Crippen LogP contribution in [0.4, 0.5) is 4.39 Å². The summed E-state index contributed by atoms with van der Waals surface area (Å²) in [5, 5.41) is 0. The first kappa shape index (κ1) is 11.7. The molecule has 0 aromatic heterocycles. The topological polar surface area (TPSA) is 0 Å². The van der Waals surface area contributed by atoms with Crippen LogP contribution >= 0.6 is 0 Å². The van der Waals surface area contributed by atoms with Crippen molar-refractivity contribution in [2.45, 2.75) is 32.6 Å². The molecular formula is C14H17F. The second-order valence-electron chi connectivity index (χ2n) is 4.13. The molecule has 15 heavy (non-hydrogen) atoms. The number of allylic oxidation sites excluding steroid dienone is 1. The Morgan fingerprint density at radius 1 is 1.33 bits per heavy atom. The number of hydrogen-bond donors (Lipinski definition) is 0. The fourth-order valence-electron chi connectivity index (χ4n) is 1.31. The summed E-state index contributed by atoms with van der Waals surface area (Å²) in [5.74, 6) is -0.195. The van der Waals surface area contributed by atoms with Gasteiger partial charge in [0.1, 0.15) is 5.83 Å². The minimum atomic E-state index is -0.195. The van der Waals surface area contributed by atoms with E-state index in [9.17, 15) is 4.39 Å². The summed E-state index contributed by atoms with van der Waals surface area (Å²) >= 11 is 0. The van der Waals surface area contributed by atoms with Crippen LogP contribution in [0.2, 0.25) is 0 Å². The van der Waals surface area contributed by atoms with Crippen LogP contribution in [-0.2, 0) is 5.41 Å². The van der Waals surface area contributed by atoms with Crippen LogP contribution in [0.5, 0.6) is 0 Å². The second-order valence-corrected chi connectivity index (χ2v) is 4.13. The molecule has 0 aliphatic heterocycles. The van der Waals surface area contributed by atoms with Crippen molar-refractivity contribution in [3.63, 3.8) is 0 Å². The van der Waals surface area contributed by atoms with Gasteiger partial charge >= 0.3 is 0 Å². The molecule has 0 aliphatic carbocycles. The van der Waals surface area contributed by atoms with E-state index in [0.29, 0.717) is 6.42 Å². The molecule has 0 spiro atoms. The molecule has 0 bridgehead atoms. The maximum atomic E-state index is 13.0. The van der Waals surface area contributed by atoms with E-state index in [4.69, 9.17) is 0 Å². The van der Waals surface area contributed by atoms with E-state index in [-0.39, 0.29) is 11.2 Å². The van der Waals surface area contributed by atoms with Gasteiger partial charge in [0.05, 0.1) is 0 Å². The summed E-state index contributed by atoms with van der Waals surface area (Å²) < 4.78 is 13.0. The zero-order valence-corrected chi connectivity index (χ0v) is 9.55. The Bertz CT molecular complexity index is 368. The van der Waals surface area contributed by atoms with Crippen molar-refractivity contribution in [3.8, 4) is 0 Å². The maximum absolute atomic E-state index is 13.0. The van der Waals surface area contributed by atoms with Crippen molar-refractivity contribution in [2.24, 2.45) is 0 Å². The maximum Gasteiger partial charge on any atom is 0.141 e. The molecule has 0 unspecified atom stereocenters. The van der Waals surface area contributed by atoms with E-state index in [2.05, 4.69) is 19.6 Å². The lowest BCUT2D eigenvalue weighted by molar-refractivity contribution is 0.602. The van der Waals surface area contributed by atoms with Gasteiger partial charge in [0.15, 0.2) is 0 Å². The SMILES string of the molecule is CCC(F)=C=CC(C)(C)c1ccccc1. The molecular weight excluding hydrogens is 187 g/mol. The lowest BCUT2D eigenvalue weighted by atomic mass is 9.85. The van der Waals surface area contributed by atoms with E-state index in [1.54, 1.807) is 13.0 Å². The van der Waals surface area contributed by atoms with Crippen molar-refractivity contribution in [1.82, 2.24) is 0 Å². The molecule has 0 amide bonds. The minimum absolute atomic E-state index is 0.173. The van der Waals surface area contributed by atoms with Gasteiger partial charge in [-0.2, -0.15) is 0 Å². The summed E-state index contributed by atoms with van der Waals surface area (Å²) in [5.41, 5.74) is 3.69. The summed E-state index contributed by atoms with van der Waals surface area (Å²) in [6.07, 6.45) is 2.20. The summed E-state index contributed by atoms with van der Waals surface area (Å²) in [6.45, 7) is 5.89. The van der Waals surface area contributed by atoms with E-state index in [1.165, 1.54) is 5.56 Å². The summed E-state index contributed by atoms with van der Waals surface area (Å²) in [7, 11) is 0. The predicted molar refractivity (Wildman–Crippen MR) is 62.5 cm³/mol. The van der Waals surface area contributed by atoms with Gasteiger partial charge in [0, 0.05) is 11.8 Å². The Morgan fingerprint density at radius 3 is 2.47 bits per heavy atom. The molecule has 0 N–H and O–H groups in total.